The predicted molar refractivity (Wildman–Crippen MR) is 76.1 cm³/mol. The Morgan fingerprint density at radius 1 is 1.28 bits per heavy atom. The summed E-state index contributed by atoms with van der Waals surface area (Å²) in [6, 6.07) is 4.59. The van der Waals surface area contributed by atoms with Crippen molar-refractivity contribution in [2.45, 2.75) is 19.9 Å². The van der Waals surface area contributed by atoms with Crippen LogP contribution in [0.2, 0.25) is 5.02 Å². The summed E-state index contributed by atoms with van der Waals surface area (Å²) in [5.74, 6) is 0. The summed E-state index contributed by atoms with van der Waals surface area (Å²) in [6.07, 6.45) is 0. The summed E-state index contributed by atoms with van der Waals surface area (Å²) in [4.78, 5) is 0. The molecule has 0 aliphatic heterocycles. The lowest BCUT2D eigenvalue weighted by molar-refractivity contribution is 0.409. The number of nitrogen functional groups attached to an aromatic ring is 1. The van der Waals surface area contributed by atoms with E-state index in [1.165, 1.54) is 24.5 Å². The largest absolute Gasteiger partial charge is 0.397 e. The molecule has 0 bridgehead atoms. The van der Waals surface area contributed by atoms with Crippen LogP contribution in [-0.4, -0.2) is 32.9 Å². The third kappa shape index (κ3) is 2.88. The molecule has 18 heavy (non-hydrogen) atoms. The molecule has 0 aliphatic carbocycles. The SMILES string of the molecule is CC(C)N(C)S(=O)(=O)N(C)c1cc(Cl)ccc1N. The van der Waals surface area contributed by atoms with Crippen molar-refractivity contribution in [2.24, 2.45) is 0 Å². The van der Waals surface area contributed by atoms with E-state index in [9.17, 15) is 8.42 Å². The molecule has 7 heteroatoms. The topological polar surface area (TPSA) is 66.6 Å². The average molecular weight is 292 g/mol. The van der Waals surface area contributed by atoms with Crippen LogP contribution in [0.25, 0.3) is 0 Å². The Bertz CT molecular complexity index is 531. The number of hydrogen-bond acceptors (Lipinski definition) is 3. The van der Waals surface area contributed by atoms with E-state index < -0.39 is 10.2 Å². The molecule has 0 saturated carbocycles. The van der Waals surface area contributed by atoms with Gasteiger partial charge in [-0.05, 0) is 32.0 Å². The van der Waals surface area contributed by atoms with Gasteiger partial charge in [-0.15, -0.1) is 0 Å². The Hall–Kier alpha value is -0.980. The van der Waals surface area contributed by atoms with Gasteiger partial charge < -0.3 is 5.73 Å². The zero-order valence-electron chi connectivity index (χ0n) is 10.9. The minimum absolute atomic E-state index is 0.141. The number of anilines is 2. The van der Waals surface area contributed by atoms with Gasteiger partial charge in [-0.2, -0.15) is 12.7 Å². The third-order valence-corrected chi connectivity index (χ3v) is 5.04. The van der Waals surface area contributed by atoms with Crippen LogP contribution in [-0.2, 0) is 10.2 Å². The maximum atomic E-state index is 12.3. The van der Waals surface area contributed by atoms with Gasteiger partial charge in [0.05, 0.1) is 11.4 Å². The number of halogens is 1. The number of rotatable bonds is 4. The molecule has 0 saturated heterocycles. The second-order valence-electron chi connectivity index (χ2n) is 4.29. The maximum Gasteiger partial charge on any atom is 0.303 e. The Labute approximate surface area is 113 Å². The summed E-state index contributed by atoms with van der Waals surface area (Å²) in [5, 5.41) is 0.438. The Kier molecular flexibility index (Phi) is 4.47. The highest BCUT2D eigenvalue weighted by molar-refractivity contribution is 7.90. The zero-order chi connectivity index (χ0) is 14.1. The number of hydrogen-bond donors (Lipinski definition) is 1. The van der Waals surface area contributed by atoms with Crippen LogP contribution >= 0.6 is 11.6 Å². The second-order valence-corrected chi connectivity index (χ2v) is 6.74. The number of nitrogens with two attached hydrogens (primary N) is 1. The average Bonchev–Trinajstić information content (AvgIpc) is 2.30. The van der Waals surface area contributed by atoms with Crippen molar-refractivity contribution in [3.05, 3.63) is 23.2 Å². The molecule has 0 heterocycles. The van der Waals surface area contributed by atoms with Gasteiger partial charge in [0.1, 0.15) is 0 Å². The van der Waals surface area contributed by atoms with Crippen LogP contribution < -0.4 is 10.0 Å². The van der Waals surface area contributed by atoms with Gasteiger partial charge >= 0.3 is 10.2 Å². The van der Waals surface area contributed by atoms with Gasteiger partial charge in [0, 0.05) is 25.2 Å². The standard InChI is InChI=1S/C11H18ClN3O2S/c1-8(2)14(3)18(16,17)15(4)11-7-9(12)5-6-10(11)13/h5-8H,13H2,1-4H3. The lowest BCUT2D eigenvalue weighted by Crippen LogP contribution is -2.43. The van der Waals surface area contributed by atoms with Crippen LogP contribution in [0.15, 0.2) is 18.2 Å². The van der Waals surface area contributed by atoms with Crippen molar-refractivity contribution in [3.8, 4) is 0 Å². The van der Waals surface area contributed by atoms with Crippen molar-refractivity contribution in [1.29, 1.82) is 0 Å². The minimum Gasteiger partial charge on any atom is -0.397 e. The fourth-order valence-electron chi connectivity index (χ4n) is 1.37. The lowest BCUT2D eigenvalue weighted by Gasteiger charge is -2.29. The van der Waals surface area contributed by atoms with E-state index in [-0.39, 0.29) is 6.04 Å². The van der Waals surface area contributed by atoms with Crippen molar-refractivity contribution in [1.82, 2.24) is 4.31 Å². The third-order valence-electron chi connectivity index (χ3n) is 2.77. The highest BCUT2D eigenvalue weighted by atomic mass is 35.5. The fourth-order valence-corrected chi connectivity index (χ4v) is 2.87. The lowest BCUT2D eigenvalue weighted by atomic mass is 10.3. The van der Waals surface area contributed by atoms with E-state index in [1.807, 2.05) is 0 Å². The van der Waals surface area contributed by atoms with E-state index in [1.54, 1.807) is 26.0 Å². The van der Waals surface area contributed by atoms with Crippen molar-refractivity contribution >= 4 is 33.2 Å². The van der Waals surface area contributed by atoms with Gasteiger partial charge in [0.2, 0.25) is 0 Å². The summed E-state index contributed by atoms with van der Waals surface area (Å²) < 4.78 is 27.0. The maximum absolute atomic E-state index is 12.3. The Morgan fingerprint density at radius 3 is 2.33 bits per heavy atom. The fraction of sp³-hybridized carbons (Fsp3) is 0.455. The normalized spacial score (nSPS) is 12.2. The first-order valence-corrected chi connectivity index (χ1v) is 7.22. The molecule has 2 N–H and O–H groups in total. The quantitative estimate of drug-likeness (QED) is 0.862. The molecule has 0 amide bonds. The van der Waals surface area contributed by atoms with E-state index in [2.05, 4.69) is 0 Å². The number of benzene rings is 1. The Morgan fingerprint density at radius 2 is 1.83 bits per heavy atom. The van der Waals surface area contributed by atoms with Crippen molar-refractivity contribution < 1.29 is 8.42 Å². The van der Waals surface area contributed by atoms with Gasteiger partial charge in [0.15, 0.2) is 0 Å². The van der Waals surface area contributed by atoms with Gasteiger partial charge in [-0.25, -0.2) is 0 Å². The molecule has 5 nitrogen and oxygen atoms in total. The first-order valence-electron chi connectivity index (χ1n) is 5.45. The molecule has 0 aromatic heterocycles. The molecule has 0 spiro atoms. The molecule has 0 unspecified atom stereocenters. The van der Waals surface area contributed by atoms with E-state index in [0.717, 1.165) is 4.31 Å². The van der Waals surface area contributed by atoms with E-state index >= 15 is 0 Å². The highest BCUT2D eigenvalue weighted by Gasteiger charge is 2.27. The summed E-state index contributed by atoms with van der Waals surface area (Å²) >= 11 is 5.86. The molecule has 0 aliphatic rings. The number of nitrogens with zero attached hydrogens (tertiary/aromatic N) is 2. The van der Waals surface area contributed by atoms with Crippen molar-refractivity contribution in [2.75, 3.05) is 24.1 Å². The molecule has 1 aromatic carbocycles. The second kappa shape index (κ2) is 5.34. The van der Waals surface area contributed by atoms with Crippen LogP contribution in [0.1, 0.15) is 13.8 Å². The van der Waals surface area contributed by atoms with Gasteiger partial charge in [-0.1, -0.05) is 11.6 Å². The monoisotopic (exact) mass is 291 g/mol. The molecular weight excluding hydrogens is 274 g/mol. The smallest absolute Gasteiger partial charge is 0.303 e. The van der Waals surface area contributed by atoms with Crippen molar-refractivity contribution in [3.63, 3.8) is 0 Å². The summed E-state index contributed by atoms with van der Waals surface area (Å²) in [7, 11) is -0.623. The molecule has 0 radical (unpaired) electrons. The Balaban J connectivity index is 3.22. The van der Waals surface area contributed by atoms with Gasteiger partial charge in [0.25, 0.3) is 0 Å². The van der Waals surface area contributed by atoms with E-state index in [4.69, 9.17) is 17.3 Å². The van der Waals surface area contributed by atoms with Gasteiger partial charge in [-0.3, -0.25) is 4.31 Å². The molecular formula is C11H18ClN3O2S. The minimum atomic E-state index is -3.60. The molecule has 0 atom stereocenters. The first-order chi connectivity index (χ1) is 8.17. The predicted octanol–water partition coefficient (Wildman–Crippen LogP) is 1.94. The highest BCUT2D eigenvalue weighted by Crippen LogP contribution is 2.28. The van der Waals surface area contributed by atoms with Crippen LogP contribution in [0.3, 0.4) is 0 Å². The summed E-state index contributed by atoms with van der Waals surface area (Å²) in [5.41, 5.74) is 6.51. The molecule has 1 aromatic rings. The molecule has 102 valence electrons. The first kappa shape index (κ1) is 15.1. The van der Waals surface area contributed by atoms with Crippen LogP contribution in [0.5, 0.6) is 0 Å². The van der Waals surface area contributed by atoms with E-state index in [0.29, 0.717) is 16.4 Å². The molecule has 1 rings (SSSR count). The zero-order valence-corrected chi connectivity index (χ0v) is 12.5. The van der Waals surface area contributed by atoms with Crippen LogP contribution in [0.4, 0.5) is 11.4 Å². The van der Waals surface area contributed by atoms with Crippen LogP contribution in [0, 0.1) is 0 Å². The summed E-state index contributed by atoms with van der Waals surface area (Å²) in [6.45, 7) is 3.60. The molecule has 0 fully saturated rings.